The molecule has 0 saturated carbocycles. The second-order valence-corrected chi connectivity index (χ2v) is 7.56. The van der Waals surface area contributed by atoms with Gasteiger partial charge in [-0.05, 0) is 38.7 Å². The van der Waals surface area contributed by atoms with Crippen molar-refractivity contribution in [2.24, 2.45) is 0 Å². The topological polar surface area (TPSA) is 43.9 Å². The van der Waals surface area contributed by atoms with Gasteiger partial charge in [0, 0.05) is 44.3 Å². The zero-order valence-corrected chi connectivity index (χ0v) is 15.4. The Bertz CT molecular complexity index is 600. The fraction of sp³-hybridized carbons (Fsp3) is 0.600. The number of amides is 2. The molecule has 2 amide bonds. The van der Waals surface area contributed by atoms with E-state index < -0.39 is 0 Å². The fourth-order valence-corrected chi connectivity index (χ4v) is 4.08. The lowest BCUT2D eigenvalue weighted by atomic mass is 9.87. The van der Waals surface area contributed by atoms with Gasteiger partial charge in [-0.25, -0.2) is 0 Å². The first-order valence-electron chi connectivity index (χ1n) is 9.31. The average molecular weight is 343 g/mol. The molecular weight excluding hydrogens is 314 g/mol. The summed E-state index contributed by atoms with van der Waals surface area (Å²) in [7, 11) is 1.91. The highest BCUT2D eigenvalue weighted by molar-refractivity contribution is 5.84. The van der Waals surface area contributed by atoms with Crippen LogP contribution >= 0.6 is 0 Å². The Morgan fingerprint density at radius 3 is 2.72 bits per heavy atom. The Kier molecular flexibility index (Phi) is 5.30. The van der Waals surface area contributed by atoms with Gasteiger partial charge in [0.2, 0.25) is 12.3 Å². The molecule has 2 aliphatic heterocycles. The van der Waals surface area contributed by atoms with E-state index in [-0.39, 0.29) is 17.5 Å². The predicted octanol–water partition coefficient (Wildman–Crippen LogP) is 2.32. The first-order valence-corrected chi connectivity index (χ1v) is 9.31. The summed E-state index contributed by atoms with van der Waals surface area (Å²) in [6.07, 6.45) is 16.0. The Hall–Kier alpha value is -2.04. The number of allylic oxidation sites excluding steroid dienone is 5. The van der Waals surface area contributed by atoms with Gasteiger partial charge in [0.25, 0.3) is 0 Å². The number of carbonyl (C=O) groups excluding carboxylic acids is 2. The number of nitrogens with zero attached hydrogens (tertiary/aromatic N) is 3. The van der Waals surface area contributed by atoms with Crippen LogP contribution in [0, 0.1) is 0 Å². The maximum Gasteiger partial charge on any atom is 0.245 e. The zero-order valence-electron chi connectivity index (χ0n) is 15.4. The van der Waals surface area contributed by atoms with Crippen molar-refractivity contribution in [2.45, 2.75) is 50.6 Å². The van der Waals surface area contributed by atoms with E-state index in [1.807, 2.05) is 11.9 Å². The van der Waals surface area contributed by atoms with Crippen LogP contribution in [0.15, 0.2) is 36.1 Å². The van der Waals surface area contributed by atoms with Crippen molar-refractivity contribution in [2.75, 3.05) is 26.7 Å². The van der Waals surface area contributed by atoms with Gasteiger partial charge in [-0.1, -0.05) is 24.3 Å². The van der Waals surface area contributed by atoms with Gasteiger partial charge in [0.05, 0.1) is 0 Å². The Labute approximate surface area is 150 Å². The molecule has 0 spiro atoms. The maximum atomic E-state index is 12.9. The van der Waals surface area contributed by atoms with E-state index in [0.29, 0.717) is 6.54 Å². The number of likely N-dealkylation sites (N-methyl/N-ethyl adjacent to an activating group) is 1. The van der Waals surface area contributed by atoms with E-state index in [0.717, 1.165) is 51.6 Å². The van der Waals surface area contributed by atoms with Gasteiger partial charge in [0.1, 0.15) is 6.04 Å². The van der Waals surface area contributed by atoms with Crippen LogP contribution in [0.3, 0.4) is 0 Å². The highest BCUT2D eigenvalue weighted by Crippen LogP contribution is 2.32. The van der Waals surface area contributed by atoms with Crippen LogP contribution in [0.25, 0.3) is 0 Å². The average Bonchev–Trinajstić information content (AvgIpc) is 2.95. The molecule has 0 bridgehead atoms. The van der Waals surface area contributed by atoms with Crippen molar-refractivity contribution in [1.29, 1.82) is 0 Å². The minimum atomic E-state index is -0.266. The van der Waals surface area contributed by atoms with Crippen molar-refractivity contribution in [3.63, 3.8) is 0 Å². The highest BCUT2D eigenvalue weighted by Gasteiger charge is 2.41. The van der Waals surface area contributed by atoms with Crippen LogP contribution in [0.2, 0.25) is 0 Å². The molecule has 1 unspecified atom stereocenters. The summed E-state index contributed by atoms with van der Waals surface area (Å²) in [6, 6.07) is -0.266. The molecule has 2 fully saturated rings. The van der Waals surface area contributed by atoms with E-state index in [1.54, 1.807) is 4.90 Å². The van der Waals surface area contributed by atoms with Crippen LogP contribution in [0.1, 0.15) is 39.0 Å². The first-order chi connectivity index (χ1) is 12.0. The molecule has 0 N–H and O–H groups in total. The fourth-order valence-electron chi connectivity index (χ4n) is 4.08. The van der Waals surface area contributed by atoms with Crippen LogP contribution in [-0.4, -0.2) is 65.3 Å². The summed E-state index contributed by atoms with van der Waals surface area (Å²) < 4.78 is 0. The minimum Gasteiger partial charge on any atom is -0.374 e. The molecule has 0 aromatic heterocycles. The third-order valence-electron chi connectivity index (χ3n) is 6.08. The van der Waals surface area contributed by atoms with Gasteiger partial charge in [-0.2, -0.15) is 0 Å². The molecule has 2 heterocycles. The standard InChI is InChI=1S/C20H29N3O2/c1-20(21(2)19(25)18-10-7-13-23(18)16-24)11-14-22(15-12-20)17-8-5-3-4-6-9-17/h3-6,8,16,18H,7,9-15H2,1-2H3. The minimum absolute atomic E-state index is 0.0973. The van der Waals surface area contributed by atoms with E-state index in [2.05, 4.69) is 42.2 Å². The molecule has 3 aliphatic rings. The molecular formula is C20H29N3O2. The lowest BCUT2D eigenvalue weighted by Crippen LogP contribution is -2.57. The van der Waals surface area contributed by atoms with E-state index in [9.17, 15) is 9.59 Å². The molecule has 0 aromatic carbocycles. The zero-order chi connectivity index (χ0) is 17.9. The van der Waals surface area contributed by atoms with Gasteiger partial charge in [-0.3, -0.25) is 9.59 Å². The van der Waals surface area contributed by atoms with E-state index in [4.69, 9.17) is 0 Å². The van der Waals surface area contributed by atoms with Gasteiger partial charge in [0.15, 0.2) is 0 Å². The number of hydrogen-bond acceptors (Lipinski definition) is 3. The quantitative estimate of drug-likeness (QED) is 0.736. The van der Waals surface area contributed by atoms with Crippen LogP contribution < -0.4 is 0 Å². The summed E-state index contributed by atoms with van der Waals surface area (Å²) >= 11 is 0. The second kappa shape index (κ2) is 7.46. The van der Waals surface area contributed by atoms with E-state index >= 15 is 0 Å². The molecule has 0 radical (unpaired) electrons. The predicted molar refractivity (Wildman–Crippen MR) is 98.8 cm³/mol. The third kappa shape index (κ3) is 3.65. The lowest BCUT2D eigenvalue weighted by Gasteiger charge is -2.47. The molecule has 1 aliphatic carbocycles. The largest absolute Gasteiger partial charge is 0.374 e. The van der Waals surface area contributed by atoms with Crippen molar-refractivity contribution in [3.05, 3.63) is 36.1 Å². The molecule has 25 heavy (non-hydrogen) atoms. The number of carbonyl (C=O) groups is 2. The molecule has 5 nitrogen and oxygen atoms in total. The highest BCUT2D eigenvalue weighted by atomic mass is 16.2. The maximum absolute atomic E-state index is 12.9. The van der Waals surface area contributed by atoms with Crippen molar-refractivity contribution >= 4 is 12.3 Å². The number of piperidine rings is 1. The normalized spacial score (nSPS) is 25.5. The molecule has 0 aromatic rings. The molecule has 5 heteroatoms. The Morgan fingerprint density at radius 1 is 1.24 bits per heavy atom. The summed E-state index contributed by atoms with van der Waals surface area (Å²) in [5.41, 5.74) is 1.21. The molecule has 136 valence electrons. The van der Waals surface area contributed by atoms with Crippen LogP contribution in [0.4, 0.5) is 0 Å². The SMILES string of the molecule is CN(C(=O)C1CCCN1C=O)C1(C)CCN(C2=CC=CC=CC2)CC1. The van der Waals surface area contributed by atoms with Crippen LogP contribution in [0.5, 0.6) is 0 Å². The Morgan fingerprint density at radius 2 is 2.00 bits per heavy atom. The second-order valence-electron chi connectivity index (χ2n) is 7.56. The first kappa shape index (κ1) is 17.8. The number of likely N-dealkylation sites (tertiary alicyclic amines) is 2. The molecule has 2 saturated heterocycles. The van der Waals surface area contributed by atoms with Gasteiger partial charge >= 0.3 is 0 Å². The lowest BCUT2D eigenvalue weighted by molar-refractivity contribution is -0.144. The summed E-state index contributed by atoms with van der Waals surface area (Å²) in [4.78, 5) is 30.1. The van der Waals surface area contributed by atoms with Gasteiger partial charge in [-0.15, -0.1) is 0 Å². The summed E-state index contributed by atoms with van der Waals surface area (Å²) in [5.74, 6) is 0.0973. The van der Waals surface area contributed by atoms with Crippen LogP contribution in [-0.2, 0) is 9.59 Å². The van der Waals surface area contributed by atoms with Crippen molar-refractivity contribution in [1.82, 2.24) is 14.7 Å². The summed E-state index contributed by atoms with van der Waals surface area (Å²) in [5, 5.41) is 0. The third-order valence-corrected chi connectivity index (χ3v) is 6.08. The summed E-state index contributed by atoms with van der Waals surface area (Å²) in [6.45, 7) is 4.81. The van der Waals surface area contributed by atoms with E-state index in [1.165, 1.54) is 5.70 Å². The Balaban J connectivity index is 1.62. The molecule has 1 atom stereocenters. The monoisotopic (exact) mass is 343 g/mol. The van der Waals surface area contributed by atoms with Crippen molar-refractivity contribution < 1.29 is 9.59 Å². The van der Waals surface area contributed by atoms with Gasteiger partial charge < -0.3 is 14.7 Å². The number of hydrogen-bond donors (Lipinski definition) is 0. The smallest absolute Gasteiger partial charge is 0.245 e. The molecule has 3 rings (SSSR count). The van der Waals surface area contributed by atoms with Crippen molar-refractivity contribution in [3.8, 4) is 0 Å². The number of rotatable bonds is 4.